The summed E-state index contributed by atoms with van der Waals surface area (Å²) in [4.78, 5) is 4.70. The summed E-state index contributed by atoms with van der Waals surface area (Å²) in [7, 11) is 3.32. The predicted molar refractivity (Wildman–Crippen MR) is 141 cm³/mol. The number of hydrogen-bond donors (Lipinski definition) is 2. The molecular weight excluding hydrogens is 533 g/mol. The molecule has 178 valence electrons. The van der Waals surface area contributed by atoms with Crippen LogP contribution >= 0.6 is 24.0 Å². The Morgan fingerprint density at radius 3 is 2.09 bits per heavy atom. The van der Waals surface area contributed by atoms with Crippen molar-refractivity contribution in [3.8, 4) is 11.5 Å². The van der Waals surface area contributed by atoms with Gasteiger partial charge in [-0.25, -0.2) is 4.99 Å². The molecule has 0 radical (unpaired) electrons. The molecule has 1 aromatic heterocycles. The molecule has 3 aromatic rings. The van der Waals surface area contributed by atoms with Crippen LogP contribution in [0.15, 0.2) is 76.3 Å². The Kier molecular flexibility index (Phi) is 12.2. The van der Waals surface area contributed by atoms with Gasteiger partial charge in [0.25, 0.3) is 0 Å². The SMILES string of the molecule is COc1ccc(CN=C(NCCOCc2ccc(OC)cc2)NCCc2ccco2)cc1.I. The fourth-order valence-corrected chi connectivity index (χ4v) is 2.99. The lowest BCUT2D eigenvalue weighted by atomic mass is 10.2. The van der Waals surface area contributed by atoms with Gasteiger partial charge >= 0.3 is 0 Å². The van der Waals surface area contributed by atoms with E-state index in [9.17, 15) is 0 Å². The Morgan fingerprint density at radius 2 is 1.48 bits per heavy atom. The Balaban J connectivity index is 0.00000385. The van der Waals surface area contributed by atoms with Gasteiger partial charge in [-0.2, -0.15) is 0 Å². The molecule has 0 aliphatic rings. The minimum absolute atomic E-state index is 0. The predicted octanol–water partition coefficient (Wildman–Crippen LogP) is 4.41. The maximum absolute atomic E-state index is 5.78. The second-order valence-corrected chi connectivity index (χ2v) is 7.10. The molecule has 0 saturated heterocycles. The van der Waals surface area contributed by atoms with Gasteiger partial charge in [0.1, 0.15) is 17.3 Å². The highest BCUT2D eigenvalue weighted by atomic mass is 127. The van der Waals surface area contributed by atoms with Crippen molar-refractivity contribution in [3.05, 3.63) is 83.8 Å². The van der Waals surface area contributed by atoms with E-state index < -0.39 is 0 Å². The molecule has 2 aromatic carbocycles. The number of benzene rings is 2. The number of guanidine groups is 1. The summed E-state index contributed by atoms with van der Waals surface area (Å²) in [5.41, 5.74) is 2.21. The minimum atomic E-state index is 0. The molecule has 0 atom stereocenters. The van der Waals surface area contributed by atoms with E-state index in [-0.39, 0.29) is 24.0 Å². The van der Waals surface area contributed by atoms with Crippen LogP contribution < -0.4 is 20.1 Å². The fourth-order valence-electron chi connectivity index (χ4n) is 2.99. The minimum Gasteiger partial charge on any atom is -0.497 e. The lowest BCUT2D eigenvalue weighted by Crippen LogP contribution is -2.40. The summed E-state index contributed by atoms with van der Waals surface area (Å²) in [6.45, 7) is 3.04. The first-order valence-corrected chi connectivity index (χ1v) is 10.6. The van der Waals surface area contributed by atoms with E-state index in [1.165, 1.54) is 0 Å². The molecular formula is C25H32IN3O4. The van der Waals surface area contributed by atoms with E-state index in [1.807, 2.05) is 60.7 Å². The first-order valence-electron chi connectivity index (χ1n) is 10.6. The molecule has 8 heteroatoms. The van der Waals surface area contributed by atoms with Crippen LogP contribution in [0.5, 0.6) is 11.5 Å². The number of furan rings is 1. The van der Waals surface area contributed by atoms with Crippen LogP contribution in [-0.4, -0.2) is 39.9 Å². The highest BCUT2D eigenvalue weighted by Gasteiger charge is 2.02. The smallest absolute Gasteiger partial charge is 0.191 e. The van der Waals surface area contributed by atoms with Crippen LogP contribution in [-0.2, 0) is 24.3 Å². The Bertz CT molecular complexity index is 929. The van der Waals surface area contributed by atoms with Gasteiger partial charge < -0.3 is 29.3 Å². The van der Waals surface area contributed by atoms with Gasteiger partial charge in [-0.05, 0) is 47.5 Å². The lowest BCUT2D eigenvalue weighted by molar-refractivity contribution is 0.125. The van der Waals surface area contributed by atoms with Crippen molar-refractivity contribution >= 4 is 29.9 Å². The molecule has 1 heterocycles. The summed E-state index contributed by atoms with van der Waals surface area (Å²) >= 11 is 0. The van der Waals surface area contributed by atoms with Crippen molar-refractivity contribution in [1.29, 1.82) is 0 Å². The number of hydrogen-bond acceptors (Lipinski definition) is 5. The first-order chi connectivity index (χ1) is 15.8. The molecule has 3 rings (SSSR count). The number of ether oxygens (including phenoxy) is 3. The molecule has 2 N–H and O–H groups in total. The van der Waals surface area contributed by atoms with E-state index in [4.69, 9.17) is 23.6 Å². The fraction of sp³-hybridized carbons (Fsp3) is 0.320. The molecule has 0 fully saturated rings. The van der Waals surface area contributed by atoms with Crippen molar-refractivity contribution in [2.75, 3.05) is 33.9 Å². The Morgan fingerprint density at radius 1 is 0.848 bits per heavy atom. The van der Waals surface area contributed by atoms with Crippen LogP contribution in [0.4, 0.5) is 0 Å². The molecule has 0 unspecified atom stereocenters. The van der Waals surface area contributed by atoms with Gasteiger partial charge in [0.05, 0.1) is 40.2 Å². The molecule has 0 amide bonds. The molecule has 0 bridgehead atoms. The third-order valence-corrected chi connectivity index (χ3v) is 4.79. The quantitative estimate of drug-likeness (QED) is 0.147. The zero-order valence-corrected chi connectivity index (χ0v) is 21.4. The van der Waals surface area contributed by atoms with Gasteiger partial charge in [0, 0.05) is 19.5 Å². The van der Waals surface area contributed by atoms with Gasteiger partial charge in [-0.1, -0.05) is 24.3 Å². The summed E-state index contributed by atoms with van der Waals surface area (Å²) in [6, 6.07) is 19.6. The number of nitrogens with zero attached hydrogens (tertiary/aromatic N) is 1. The lowest BCUT2D eigenvalue weighted by Gasteiger charge is -2.13. The summed E-state index contributed by atoms with van der Waals surface area (Å²) in [5.74, 6) is 3.35. The zero-order chi connectivity index (χ0) is 22.4. The van der Waals surface area contributed by atoms with Crippen LogP contribution in [0.1, 0.15) is 16.9 Å². The molecule has 0 aliphatic carbocycles. The van der Waals surface area contributed by atoms with Gasteiger partial charge in [0.15, 0.2) is 5.96 Å². The molecule has 0 aliphatic heterocycles. The van der Waals surface area contributed by atoms with E-state index in [0.717, 1.165) is 40.8 Å². The summed E-state index contributed by atoms with van der Waals surface area (Å²) < 4.78 is 21.6. The van der Waals surface area contributed by atoms with Gasteiger partial charge in [-0.15, -0.1) is 24.0 Å². The van der Waals surface area contributed by atoms with Crippen molar-refractivity contribution in [2.24, 2.45) is 4.99 Å². The number of methoxy groups -OCH3 is 2. The van der Waals surface area contributed by atoms with Crippen LogP contribution in [0.25, 0.3) is 0 Å². The first kappa shape index (κ1) is 26.5. The highest BCUT2D eigenvalue weighted by Crippen LogP contribution is 2.12. The van der Waals surface area contributed by atoms with Gasteiger partial charge in [0.2, 0.25) is 0 Å². The van der Waals surface area contributed by atoms with E-state index in [2.05, 4.69) is 10.6 Å². The average molecular weight is 565 g/mol. The maximum atomic E-state index is 5.78. The third kappa shape index (κ3) is 9.75. The maximum Gasteiger partial charge on any atom is 0.191 e. The summed E-state index contributed by atoms with van der Waals surface area (Å²) in [6.07, 6.45) is 2.47. The Hall–Kier alpha value is -2.72. The monoisotopic (exact) mass is 565 g/mol. The highest BCUT2D eigenvalue weighted by molar-refractivity contribution is 14.0. The normalized spacial score (nSPS) is 10.9. The van der Waals surface area contributed by atoms with Crippen molar-refractivity contribution in [2.45, 2.75) is 19.6 Å². The molecule has 0 spiro atoms. The van der Waals surface area contributed by atoms with Gasteiger partial charge in [-0.3, -0.25) is 0 Å². The molecule has 33 heavy (non-hydrogen) atoms. The second-order valence-electron chi connectivity index (χ2n) is 7.10. The van der Waals surface area contributed by atoms with Crippen molar-refractivity contribution in [1.82, 2.24) is 10.6 Å². The summed E-state index contributed by atoms with van der Waals surface area (Å²) in [5, 5.41) is 6.69. The van der Waals surface area contributed by atoms with E-state index >= 15 is 0 Å². The van der Waals surface area contributed by atoms with Crippen LogP contribution in [0.2, 0.25) is 0 Å². The topological polar surface area (TPSA) is 77.2 Å². The van der Waals surface area contributed by atoms with E-state index in [1.54, 1.807) is 20.5 Å². The van der Waals surface area contributed by atoms with Crippen molar-refractivity contribution < 1.29 is 18.6 Å². The average Bonchev–Trinajstić information content (AvgIpc) is 3.36. The standard InChI is InChI=1S/C25H31N3O4.HI/c1-29-22-9-5-20(6-10-22)18-28-25(26-14-13-24-4-3-16-32-24)27-15-17-31-19-21-7-11-23(30-2)12-8-21;/h3-12,16H,13-15,17-19H2,1-2H3,(H2,26,27,28);1H. The number of nitrogens with one attached hydrogen (secondary N) is 2. The molecule has 0 saturated carbocycles. The van der Waals surface area contributed by atoms with Crippen LogP contribution in [0.3, 0.4) is 0 Å². The number of rotatable bonds is 12. The zero-order valence-electron chi connectivity index (χ0n) is 19.1. The van der Waals surface area contributed by atoms with Crippen molar-refractivity contribution in [3.63, 3.8) is 0 Å². The molecule has 7 nitrogen and oxygen atoms in total. The largest absolute Gasteiger partial charge is 0.497 e. The van der Waals surface area contributed by atoms with Crippen LogP contribution in [0, 0.1) is 0 Å². The second kappa shape index (κ2) is 15.2. The third-order valence-electron chi connectivity index (χ3n) is 4.79. The van der Waals surface area contributed by atoms with E-state index in [0.29, 0.717) is 32.8 Å². The number of aliphatic imine (C=N–C) groups is 1. The Labute approximate surface area is 212 Å². The number of halogens is 1.